The Bertz CT molecular complexity index is 596. The van der Waals surface area contributed by atoms with E-state index in [1.165, 1.54) is 0 Å². The van der Waals surface area contributed by atoms with Gasteiger partial charge in [-0.25, -0.2) is 9.97 Å². The van der Waals surface area contributed by atoms with Crippen LogP contribution in [0.1, 0.15) is 19.8 Å². The molecule has 2 saturated heterocycles. The van der Waals surface area contributed by atoms with Crippen LogP contribution >= 0.6 is 24.0 Å². The topological polar surface area (TPSA) is 91.0 Å². The van der Waals surface area contributed by atoms with Crippen LogP contribution in [0.25, 0.3) is 0 Å². The molecule has 0 saturated carbocycles. The molecule has 3 rings (SSSR count). The Morgan fingerprint density at radius 2 is 1.73 bits per heavy atom. The molecule has 9 heteroatoms. The first-order chi connectivity index (χ1) is 12.1. The van der Waals surface area contributed by atoms with E-state index in [0.717, 1.165) is 64.6 Å². The highest BCUT2D eigenvalue weighted by Crippen LogP contribution is 2.17. The fraction of sp³-hybridized carbons (Fsp3) is 0.647. The summed E-state index contributed by atoms with van der Waals surface area (Å²) >= 11 is 0. The maximum atomic E-state index is 11.4. The molecule has 8 nitrogen and oxygen atoms in total. The van der Waals surface area contributed by atoms with E-state index in [0.29, 0.717) is 11.9 Å². The summed E-state index contributed by atoms with van der Waals surface area (Å²) in [5, 5.41) is 0. The first kappa shape index (κ1) is 20.7. The van der Waals surface area contributed by atoms with E-state index >= 15 is 0 Å². The van der Waals surface area contributed by atoms with Crippen molar-refractivity contribution in [3.63, 3.8) is 0 Å². The van der Waals surface area contributed by atoms with Crippen LogP contribution in [0.4, 0.5) is 5.95 Å². The van der Waals surface area contributed by atoms with Crippen LogP contribution < -0.4 is 10.6 Å². The van der Waals surface area contributed by atoms with Gasteiger partial charge in [0.25, 0.3) is 0 Å². The fourth-order valence-electron chi connectivity index (χ4n) is 3.34. The Kier molecular flexibility index (Phi) is 7.85. The molecule has 1 aromatic heterocycles. The number of aromatic nitrogens is 2. The Balaban J connectivity index is 0.00000243. The second-order valence-electron chi connectivity index (χ2n) is 6.67. The Morgan fingerprint density at radius 1 is 1.12 bits per heavy atom. The summed E-state index contributed by atoms with van der Waals surface area (Å²) < 4.78 is 0. The number of nitrogens with zero attached hydrogens (tertiary/aromatic N) is 6. The molecule has 0 spiro atoms. The molecule has 3 heterocycles. The van der Waals surface area contributed by atoms with Crippen LogP contribution in [0.2, 0.25) is 0 Å². The van der Waals surface area contributed by atoms with Crippen LogP contribution in [0.5, 0.6) is 0 Å². The highest BCUT2D eigenvalue weighted by atomic mass is 127. The molecule has 0 aliphatic carbocycles. The lowest BCUT2D eigenvalue weighted by atomic mass is 9.97. The van der Waals surface area contributed by atoms with Crippen LogP contribution in [0.15, 0.2) is 23.5 Å². The molecule has 1 aromatic rings. The number of hydrogen-bond donors (Lipinski definition) is 1. The van der Waals surface area contributed by atoms with Gasteiger partial charge in [-0.2, -0.15) is 0 Å². The minimum absolute atomic E-state index is 0. The highest BCUT2D eigenvalue weighted by Gasteiger charge is 2.22. The summed E-state index contributed by atoms with van der Waals surface area (Å²) in [6.07, 6.45) is 5.55. The molecule has 0 aromatic carbocycles. The first-order valence-electron chi connectivity index (χ1n) is 8.96. The summed E-state index contributed by atoms with van der Waals surface area (Å²) in [5.41, 5.74) is 6.19. The largest absolute Gasteiger partial charge is 0.370 e. The molecule has 2 N–H and O–H groups in total. The number of halogens is 1. The molecular weight excluding hydrogens is 445 g/mol. The number of anilines is 1. The molecule has 0 atom stereocenters. The van der Waals surface area contributed by atoms with Gasteiger partial charge in [0.1, 0.15) is 0 Å². The van der Waals surface area contributed by atoms with Gasteiger partial charge in [-0.3, -0.25) is 9.79 Å². The Labute approximate surface area is 171 Å². The summed E-state index contributed by atoms with van der Waals surface area (Å²) in [5.74, 6) is 2.09. The molecular formula is C17H28IN7O. The quantitative estimate of drug-likeness (QED) is 0.397. The zero-order valence-corrected chi connectivity index (χ0v) is 17.6. The smallest absolute Gasteiger partial charge is 0.225 e. The molecule has 2 fully saturated rings. The van der Waals surface area contributed by atoms with Crippen molar-refractivity contribution in [2.24, 2.45) is 16.6 Å². The van der Waals surface area contributed by atoms with Gasteiger partial charge in [-0.1, -0.05) is 0 Å². The second kappa shape index (κ2) is 9.89. The lowest BCUT2D eigenvalue weighted by molar-refractivity contribution is -0.130. The van der Waals surface area contributed by atoms with Gasteiger partial charge < -0.3 is 20.4 Å². The van der Waals surface area contributed by atoms with E-state index in [1.807, 2.05) is 11.0 Å². The van der Waals surface area contributed by atoms with E-state index in [4.69, 9.17) is 5.73 Å². The number of rotatable bonds is 3. The van der Waals surface area contributed by atoms with Crippen molar-refractivity contribution >= 4 is 41.8 Å². The monoisotopic (exact) mass is 473 g/mol. The van der Waals surface area contributed by atoms with Gasteiger partial charge in [0.15, 0.2) is 5.96 Å². The average Bonchev–Trinajstić information content (AvgIpc) is 2.67. The first-order valence-corrected chi connectivity index (χ1v) is 8.96. The molecule has 0 bridgehead atoms. The van der Waals surface area contributed by atoms with Crippen molar-refractivity contribution in [3.05, 3.63) is 18.5 Å². The van der Waals surface area contributed by atoms with Gasteiger partial charge in [0, 0.05) is 65.1 Å². The van der Waals surface area contributed by atoms with Crippen molar-refractivity contribution in [1.29, 1.82) is 0 Å². The minimum atomic E-state index is 0. The maximum absolute atomic E-state index is 11.4. The van der Waals surface area contributed by atoms with Gasteiger partial charge in [0.2, 0.25) is 11.9 Å². The summed E-state index contributed by atoms with van der Waals surface area (Å²) in [4.78, 5) is 30.8. The van der Waals surface area contributed by atoms with Crippen LogP contribution in [0, 0.1) is 5.92 Å². The zero-order valence-electron chi connectivity index (χ0n) is 15.3. The van der Waals surface area contributed by atoms with Gasteiger partial charge in [-0.05, 0) is 24.8 Å². The van der Waals surface area contributed by atoms with E-state index in [1.54, 1.807) is 19.3 Å². The summed E-state index contributed by atoms with van der Waals surface area (Å²) in [6.45, 7) is 7.41. The number of hydrogen-bond acceptors (Lipinski definition) is 5. The van der Waals surface area contributed by atoms with Crippen molar-refractivity contribution in [3.8, 4) is 0 Å². The second-order valence-corrected chi connectivity index (χ2v) is 6.67. The van der Waals surface area contributed by atoms with E-state index in [-0.39, 0.29) is 29.9 Å². The molecule has 0 unspecified atom stereocenters. The standard InChI is InChI=1S/C17H27N7O.HI/c1-14(25)22-7-3-15(4-8-22)13-21-16(18)23-9-11-24(12-10-23)17-19-5-2-6-20-17;/h2,5-6,15H,3-4,7-13H2,1H3,(H2,18,21);1H. The SMILES string of the molecule is CC(=O)N1CCC(CN=C(N)N2CCN(c3ncccn3)CC2)CC1.I. The molecule has 144 valence electrons. The number of nitrogens with two attached hydrogens (primary N) is 1. The predicted molar refractivity (Wildman–Crippen MR) is 113 cm³/mol. The third kappa shape index (κ3) is 5.42. The number of amides is 1. The average molecular weight is 473 g/mol. The lowest BCUT2D eigenvalue weighted by Gasteiger charge is -2.35. The molecule has 26 heavy (non-hydrogen) atoms. The van der Waals surface area contributed by atoms with Crippen LogP contribution in [0.3, 0.4) is 0 Å². The highest BCUT2D eigenvalue weighted by molar-refractivity contribution is 14.0. The molecule has 2 aliphatic heterocycles. The molecule has 0 radical (unpaired) electrons. The summed E-state index contributed by atoms with van der Waals surface area (Å²) in [6, 6.07) is 1.82. The molecule has 2 aliphatic rings. The third-order valence-electron chi connectivity index (χ3n) is 5.01. The van der Waals surface area contributed by atoms with Crippen LogP contribution in [-0.2, 0) is 4.79 Å². The lowest BCUT2D eigenvalue weighted by Crippen LogP contribution is -2.51. The number of carbonyl (C=O) groups is 1. The van der Waals surface area contributed by atoms with Crippen LogP contribution in [-0.4, -0.2) is 77.4 Å². The number of piperidine rings is 1. The third-order valence-corrected chi connectivity index (χ3v) is 5.01. The number of aliphatic imine (C=N–C) groups is 1. The number of guanidine groups is 1. The van der Waals surface area contributed by atoms with Crippen molar-refractivity contribution in [2.45, 2.75) is 19.8 Å². The van der Waals surface area contributed by atoms with Gasteiger partial charge in [-0.15, -0.1) is 24.0 Å². The van der Waals surface area contributed by atoms with Gasteiger partial charge in [0.05, 0.1) is 0 Å². The number of piperazine rings is 1. The Morgan fingerprint density at radius 3 is 2.31 bits per heavy atom. The summed E-state index contributed by atoms with van der Waals surface area (Å²) in [7, 11) is 0. The number of carbonyl (C=O) groups excluding carboxylic acids is 1. The minimum Gasteiger partial charge on any atom is -0.370 e. The normalized spacial score (nSPS) is 19.3. The van der Waals surface area contributed by atoms with E-state index < -0.39 is 0 Å². The molecule has 1 amide bonds. The fourth-order valence-corrected chi connectivity index (χ4v) is 3.34. The van der Waals surface area contributed by atoms with Crippen molar-refractivity contribution < 1.29 is 4.79 Å². The van der Waals surface area contributed by atoms with Crippen molar-refractivity contribution in [2.75, 3.05) is 50.7 Å². The van der Waals surface area contributed by atoms with Gasteiger partial charge >= 0.3 is 0 Å². The van der Waals surface area contributed by atoms with E-state index in [2.05, 4.69) is 24.8 Å². The number of likely N-dealkylation sites (tertiary alicyclic amines) is 1. The Hall–Kier alpha value is -1.65. The zero-order chi connectivity index (χ0) is 17.6. The predicted octanol–water partition coefficient (Wildman–Crippen LogP) is 0.790. The van der Waals surface area contributed by atoms with E-state index in [9.17, 15) is 4.79 Å². The van der Waals surface area contributed by atoms with Crippen molar-refractivity contribution in [1.82, 2.24) is 19.8 Å². The maximum Gasteiger partial charge on any atom is 0.225 e.